The standard InChI is InChI=1S/C18H26N2O4/c1-5-13(21)8-9-19-18(22)20-12(3)17-11(2)15-10-14(23-4)6-7-16(15)24-17/h6-7,10,12-13,21H,5,8-9H2,1-4H3,(H2,19,20,22). The minimum Gasteiger partial charge on any atom is -0.497 e. The van der Waals surface area contributed by atoms with Crippen LogP contribution in [0, 0.1) is 6.92 Å². The molecule has 0 saturated carbocycles. The van der Waals surface area contributed by atoms with Crippen LogP contribution in [-0.4, -0.2) is 30.9 Å². The highest BCUT2D eigenvalue weighted by atomic mass is 16.5. The molecule has 1 heterocycles. The number of aryl methyl sites for hydroxylation is 1. The molecule has 0 bridgehead atoms. The number of carbonyl (C=O) groups excluding carboxylic acids is 1. The zero-order chi connectivity index (χ0) is 17.7. The van der Waals surface area contributed by atoms with E-state index >= 15 is 0 Å². The molecule has 2 amide bonds. The van der Waals surface area contributed by atoms with E-state index in [4.69, 9.17) is 9.15 Å². The quantitative estimate of drug-likeness (QED) is 0.725. The number of fused-ring (bicyclic) bond motifs is 1. The third-order valence-corrected chi connectivity index (χ3v) is 4.16. The molecule has 0 saturated heterocycles. The van der Waals surface area contributed by atoms with E-state index in [-0.39, 0.29) is 18.2 Å². The summed E-state index contributed by atoms with van der Waals surface area (Å²) in [6.07, 6.45) is 0.846. The van der Waals surface area contributed by atoms with Gasteiger partial charge in [-0.15, -0.1) is 0 Å². The maximum Gasteiger partial charge on any atom is 0.315 e. The molecule has 1 aromatic carbocycles. The lowest BCUT2D eigenvalue weighted by atomic mass is 10.1. The Bertz CT molecular complexity index is 696. The Hall–Kier alpha value is -2.21. The van der Waals surface area contributed by atoms with E-state index in [0.29, 0.717) is 19.4 Å². The molecule has 0 aliphatic heterocycles. The Labute approximate surface area is 142 Å². The number of nitrogens with one attached hydrogen (secondary N) is 2. The number of urea groups is 1. The summed E-state index contributed by atoms with van der Waals surface area (Å²) in [7, 11) is 1.63. The molecule has 24 heavy (non-hydrogen) atoms. The van der Waals surface area contributed by atoms with Crippen LogP contribution in [0.1, 0.15) is 44.1 Å². The van der Waals surface area contributed by atoms with Crippen molar-refractivity contribution in [2.24, 2.45) is 0 Å². The number of hydrogen-bond acceptors (Lipinski definition) is 4. The summed E-state index contributed by atoms with van der Waals surface area (Å²) >= 11 is 0. The maximum atomic E-state index is 12.0. The van der Waals surface area contributed by atoms with Gasteiger partial charge in [-0.3, -0.25) is 0 Å². The van der Waals surface area contributed by atoms with Crippen LogP contribution in [-0.2, 0) is 0 Å². The summed E-state index contributed by atoms with van der Waals surface area (Å²) in [5.74, 6) is 1.49. The van der Waals surface area contributed by atoms with Crippen LogP contribution >= 0.6 is 0 Å². The zero-order valence-electron chi connectivity index (χ0n) is 14.7. The van der Waals surface area contributed by atoms with Crippen molar-refractivity contribution in [3.8, 4) is 5.75 Å². The van der Waals surface area contributed by atoms with Crippen molar-refractivity contribution in [3.05, 3.63) is 29.5 Å². The number of methoxy groups -OCH3 is 1. The van der Waals surface area contributed by atoms with E-state index in [1.165, 1.54) is 0 Å². The van der Waals surface area contributed by atoms with Gasteiger partial charge in [0, 0.05) is 17.5 Å². The topological polar surface area (TPSA) is 83.7 Å². The predicted octanol–water partition coefficient (Wildman–Crippen LogP) is 3.27. The average molecular weight is 334 g/mol. The molecular weight excluding hydrogens is 308 g/mol. The lowest BCUT2D eigenvalue weighted by Gasteiger charge is -2.14. The van der Waals surface area contributed by atoms with Gasteiger partial charge in [-0.2, -0.15) is 0 Å². The summed E-state index contributed by atoms with van der Waals surface area (Å²) in [6.45, 7) is 6.19. The van der Waals surface area contributed by atoms with E-state index in [9.17, 15) is 9.90 Å². The van der Waals surface area contributed by atoms with Gasteiger partial charge < -0.3 is 24.9 Å². The smallest absolute Gasteiger partial charge is 0.315 e. The molecule has 0 radical (unpaired) electrons. The number of rotatable bonds is 7. The second-order valence-corrected chi connectivity index (χ2v) is 5.93. The Morgan fingerprint density at radius 3 is 2.83 bits per heavy atom. The van der Waals surface area contributed by atoms with E-state index in [2.05, 4.69) is 10.6 Å². The summed E-state index contributed by atoms with van der Waals surface area (Å²) < 4.78 is 11.1. The van der Waals surface area contributed by atoms with Crippen molar-refractivity contribution in [3.63, 3.8) is 0 Å². The summed E-state index contributed by atoms with van der Waals surface area (Å²) in [5.41, 5.74) is 1.75. The fourth-order valence-corrected chi connectivity index (χ4v) is 2.63. The normalized spacial score (nSPS) is 13.5. The van der Waals surface area contributed by atoms with Crippen molar-refractivity contribution in [1.29, 1.82) is 0 Å². The van der Waals surface area contributed by atoms with E-state index in [1.807, 2.05) is 39.0 Å². The van der Waals surface area contributed by atoms with E-state index in [0.717, 1.165) is 28.0 Å². The highest BCUT2D eigenvalue weighted by Gasteiger charge is 2.18. The number of ether oxygens (including phenoxy) is 1. The third kappa shape index (κ3) is 4.20. The Balaban J connectivity index is 2.01. The van der Waals surface area contributed by atoms with Crippen molar-refractivity contribution in [2.75, 3.05) is 13.7 Å². The molecule has 0 spiro atoms. The lowest BCUT2D eigenvalue weighted by molar-refractivity contribution is 0.160. The molecule has 0 aliphatic rings. The van der Waals surface area contributed by atoms with Gasteiger partial charge in [-0.25, -0.2) is 4.79 Å². The highest BCUT2D eigenvalue weighted by molar-refractivity contribution is 5.84. The molecule has 3 N–H and O–H groups in total. The highest BCUT2D eigenvalue weighted by Crippen LogP contribution is 2.31. The number of carbonyl (C=O) groups is 1. The number of aliphatic hydroxyl groups excluding tert-OH is 1. The first-order valence-electron chi connectivity index (χ1n) is 8.25. The van der Waals surface area contributed by atoms with Crippen molar-refractivity contribution in [2.45, 2.75) is 45.8 Å². The fraction of sp³-hybridized carbons (Fsp3) is 0.500. The molecule has 0 aliphatic carbocycles. The second-order valence-electron chi connectivity index (χ2n) is 5.93. The van der Waals surface area contributed by atoms with Gasteiger partial charge in [0.05, 0.1) is 19.3 Å². The minimum atomic E-state index is -0.379. The maximum absolute atomic E-state index is 12.0. The van der Waals surface area contributed by atoms with E-state index in [1.54, 1.807) is 7.11 Å². The lowest BCUT2D eigenvalue weighted by Crippen LogP contribution is -2.38. The first-order chi connectivity index (χ1) is 11.5. The summed E-state index contributed by atoms with van der Waals surface area (Å²) in [6, 6.07) is 5.10. The number of hydrogen-bond donors (Lipinski definition) is 3. The fourth-order valence-electron chi connectivity index (χ4n) is 2.63. The number of benzene rings is 1. The van der Waals surface area contributed by atoms with Gasteiger partial charge in [-0.1, -0.05) is 6.92 Å². The third-order valence-electron chi connectivity index (χ3n) is 4.16. The molecule has 132 valence electrons. The molecule has 6 nitrogen and oxygen atoms in total. The number of furan rings is 1. The monoisotopic (exact) mass is 334 g/mol. The zero-order valence-corrected chi connectivity index (χ0v) is 14.7. The van der Waals surface area contributed by atoms with Crippen LogP contribution in [0.15, 0.2) is 22.6 Å². The van der Waals surface area contributed by atoms with Crippen LogP contribution in [0.4, 0.5) is 4.79 Å². The van der Waals surface area contributed by atoms with Gasteiger partial charge in [0.2, 0.25) is 0 Å². The Kier molecular flexibility index (Phi) is 6.09. The molecule has 2 rings (SSSR count). The number of amides is 2. The van der Waals surface area contributed by atoms with Crippen molar-refractivity contribution < 1.29 is 19.1 Å². The summed E-state index contributed by atoms with van der Waals surface area (Å²) in [4.78, 5) is 12.0. The van der Waals surface area contributed by atoms with Crippen LogP contribution in [0.5, 0.6) is 5.75 Å². The molecule has 2 aromatic rings. The van der Waals surface area contributed by atoms with E-state index < -0.39 is 0 Å². The largest absolute Gasteiger partial charge is 0.497 e. The predicted molar refractivity (Wildman–Crippen MR) is 93.4 cm³/mol. The Morgan fingerprint density at radius 1 is 1.42 bits per heavy atom. The molecule has 6 heteroatoms. The van der Waals surface area contributed by atoms with Crippen molar-refractivity contribution >= 4 is 17.0 Å². The van der Waals surface area contributed by atoms with Gasteiger partial charge in [0.15, 0.2) is 0 Å². The number of aliphatic hydroxyl groups is 1. The van der Waals surface area contributed by atoms with Crippen LogP contribution < -0.4 is 15.4 Å². The van der Waals surface area contributed by atoms with Gasteiger partial charge in [0.25, 0.3) is 0 Å². The average Bonchev–Trinajstić information content (AvgIpc) is 2.91. The Morgan fingerprint density at radius 2 is 2.17 bits per heavy atom. The van der Waals surface area contributed by atoms with Gasteiger partial charge in [0.1, 0.15) is 17.1 Å². The SMILES string of the molecule is CCC(O)CCNC(=O)NC(C)c1oc2ccc(OC)cc2c1C. The van der Waals surface area contributed by atoms with Gasteiger partial charge in [-0.05, 0) is 44.9 Å². The minimum absolute atomic E-state index is 0.264. The molecular formula is C18H26N2O4. The van der Waals surface area contributed by atoms with Crippen LogP contribution in [0.3, 0.4) is 0 Å². The first kappa shape index (κ1) is 18.1. The van der Waals surface area contributed by atoms with Gasteiger partial charge >= 0.3 is 6.03 Å². The molecule has 2 atom stereocenters. The first-order valence-corrected chi connectivity index (χ1v) is 8.25. The van der Waals surface area contributed by atoms with Crippen LogP contribution in [0.2, 0.25) is 0 Å². The molecule has 1 aromatic heterocycles. The molecule has 0 fully saturated rings. The second kappa shape index (κ2) is 8.06. The molecule has 2 unspecified atom stereocenters. The summed E-state index contributed by atoms with van der Waals surface area (Å²) in [5, 5.41) is 16.1. The van der Waals surface area contributed by atoms with Crippen LogP contribution in [0.25, 0.3) is 11.0 Å². The van der Waals surface area contributed by atoms with Crippen molar-refractivity contribution in [1.82, 2.24) is 10.6 Å².